The van der Waals surface area contributed by atoms with E-state index in [0.717, 1.165) is 37.5 Å². The van der Waals surface area contributed by atoms with Crippen LogP contribution >= 0.6 is 0 Å². The zero-order valence-corrected chi connectivity index (χ0v) is 11.4. The second-order valence-corrected chi connectivity index (χ2v) is 5.45. The molecule has 102 valence electrons. The largest absolute Gasteiger partial charge is 0.476 e. The first-order valence-electron chi connectivity index (χ1n) is 6.96. The van der Waals surface area contributed by atoms with Crippen LogP contribution < -0.4 is 5.73 Å². The molecule has 0 saturated carbocycles. The van der Waals surface area contributed by atoms with Crippen molar-refractivity contribution >= 4 is 5.90 Å². The van der Waals surface area contributed by atoms with Gasteiger partial charge >= 0.3 is 0 Å². The van der Waals surface area contributed by atoms with E-state index in [4.69, 9.17) is 10.5 Å². The van der Waals surface area contributed by atoms with Crippen molar-refractivity contribution < 1.29 is 4.74 Å². The number of benzene rings is 1. The van der Waals surface area contributed by atoms with E-state index in [1.54, 1.807) is 0 Å². The van der Waals surface area contributed by atoms with E-state index in [1.807, 2.05) is 0 Å². The Morgan fingerprint density at radius 2 is 2.37 bits per heavy atom. The Kier molecular flexibility index (Phi) is 3.53. The number of rotatable bonds is 3. The Labute approximate surface area is 114 Å². The minimum absolute atomic E-state index is 0.468. The second kappa shape index (κ2) is 5.31. The molecule has 1 aromatic rings. The summed E-state index contributed by atoms with van der Waals surface area (Å²) in [6, 6.07) is 9.04. The van der Waals surface area contributed by atoms with E-state index in [-0.39, 0.29) is 0 Å². The summed E-state index contributed by atoms with van der Waals surface area (Å²) >= 11 is 0. The van der Waals surface area contributed by atoms with E-state index in [9.17, 15) is 0 Å². The molecule has 2 N–H and O–H groups in total. The highest BCUT2D eigenvalue weighted by atomic mass is 16.5. The summed E-state index contributed by atoms with van der Waals surface area (Å²) in [5.41, 5.74) is 8.24. The maximum atomic E-state index is 5.80. The number of hydrogen-bond acceptors (Lipinski definition) is 4. The Morgan fingerprint density at radius 1 is 1.47 bits per heavy atom. The van der Waals surface area contributed by atoms with Crippen molar-refractivity contribution in [3.8, 4) is 0 Å². The van der Waals surface area contributed by atoms with Crippen molar-refractivity contribution in [2.24, 2.45) is 16.6 Å². The summed E-state index contributed by atoms with van der Waals surface area (Å²) in [6.07, 6.45) is 1.14. The van der Waals surface area contributed by atoms with Crippen LogP contribution in [-0.2, 0) is 4.74 Å². The lowest BCUT2D eigenvalue weighted by molar-refractivity contribution is 0.313. The van der Waals surface area contributed by atoms with E-state index in [0.29, 0.717) is 18.6 Å². The van der Waals surface area contributed by atoms with Gasteiger partial charge < -0.3 is 10.5 Å². The molecule has 2 aliphatic heterocycles. The molecule has 2 heterocycles. The quantitative estimate of drug-likeness (QED) is 0.893. The monoisotopic (exact) mass is 259 g/mol. The minimum Gasteiger partial charge on any atom is -0.476 e. The smallest absolute Gasteiger partial charge is 0.216 e. The van der Waals surface area contributed by atoms with Gasteiger partial charge in [-0.2, -0.15) is 0 Å². The molecule has 1 fully saturated rings. The van der Waals surface area contributed by atoms with Gasteiger partial charge in [0.05, 0.1) is 6.54 Å². The fraction of sp³-hybridized carbons (Fsp3) is 0.533. The minimum atomic E-state index is 0.468. The van der Waals surface area contributed by atoms with Gasteiger partial charge in [0.1, 0.15) is 6.61 Å². The van der Waals surface area contributed by atoms with Crippen molar-refractivity contribution in [3.05, 3.63) is 35.4 Å². The molecule has 0 radical (unpaired) electrons. The number of likely N-dealkylation sites (tertiary alicyclic amines) is 1. The number of ether oxygens (including phenoxy) is 1. The molecule has 19 heavy (non-hydrogen) atoms. The fourth-order valence-corrected chi connectivity index (χ4v) is 3.05. The molecule has 2 unspecified atom stereocenters. The third-order valence-electron chi connectivity index (χ3n) is 4.07. The first kappa shape index (κ1) is 12.6. The van der Waals surface area contributed by atoms with Gasteiger partial charge in [0.25, 0.3) is 0 Å². The fourth-order valence-electron chi connectivity index (χ4n) is 3.05. The maximum Gasteiger partial charge on any atom is 0.216 e. The molecule has 4 heteroatoms. The average Bonchev–Trinajstić information content (AvgIpc) is 3.08. The first-order chi connectivity index (χ1) is 9.28. The summed E-state index contributed by atoms with van der Waals surface area (Å²) in [6.45, 7) is 3.34. The molecule has 0 bridgehead atoms. The van der Waals surface area contributed by atoms with Crippen LogP contribution in [0.4, 0.5) is 0 Å². The van der Waals surface area contributed by atoms with Crippen LogP contribution in [0.1, 0.15) is 23.6 Å². The third kappa shape index (κ3) is 2.51. The molecule has 1 saturated heterocycles. The van der Waals surface area contributed by atoms with Gasteiger partial charge in [-0.05, 0) is 43.6 Å². The Bertz CT molecular complexity index is 486. The van der Waals surface area contributed by atoms with Gasteiger partial charge in [0, 0.05) is 18.2 Å². The molecular formula is C15H21N3O. The highest BCUT2D eigenvalue weighted by molar-refractivity contribution is 5.95. The van der Waals surface area contributed by atoms with Gasteiger partial charge in [-0.25, -0.2) is 4.99 Å². The molecule has 0 aromatic heterocycles. The van der Waals surface area contributed by atoms with Crippen molar-refractivity contribution in [1.82, 2.24) is 4.90 Å². The van der Waals surface area contributed by atoms with Crippen LogP contribution in [-0.4, -0.2) is 44.1 Å². The van der Waals surface area contributed by atoms with Crippen LogP contribution in [0, 0.1) is 5.92 Å². The first-order valence-corrected chi connectivity index (χ1v) is 6.96. The van der Waals surface area contributed by atoms with Gasteiger partial charge in [-0.15, -0.1) is 0 Å². The number of nitrogens with two attached hydrogens (primary N) is 1. The second-order valence-electron chi connectivity index (χ2n) is 5.45. The van der Waals surface area contributed by atoms with E-state index in [1.165, 1.54) is 5.56 Å². The normalized spacial score (nSPS) is 27.4. The van der Waals surface area contributed by atoms with E-state index in [2.05, 4.69) is 41.2 Å². The molecule has 1 aromatic carbocycles. The van der Waals surface area contributed by atoms with Gasteiger partial charge in [0.15, 0.2) is 0 Å². The lowest BCUT2D eigenvalue weighted by Crippen LogP contribution is -2.20. The van der Waals surface area contributed by atoms with E-state index >= 15 is 0 Å². The van der Waals surface area contributed by atoms with Gasteiger partial charge in [-0.3, -0.25) is 4.90 Å². The van der Waals surface area contributed by atoms with Crippen LogP contribution in [0.15, 0.2) is 29.3 Å². The van der Waals surface area contributed by atoms with Crippen molar-refractivity contribution in [3.63, 3.8) is 0 Å². The predicted molar refractivity (Wildman–Crippen MR) is 76.3 cm³/mol. The highest BCUT2D eigenvalue weighted by Gasteiger charge is 2.29. The van der Waals surface area contributed by atoms with Crippen LogP contribution in [0.3, 0.4) is 0 Å². The summed E-state index contributed by atoms with van der Waals surface area (Å²) in [4.78, 5) is 6.78. The summed E-state index contributed by atoms with van der Waals surface area (Å²) < 4.78 is 5.54. The summed E-state index contributed by atoms with van der Waals surface area (Å²) in [5.74, 6) is 1.40. The van der Waals surface area contributed by atoms with Gasteiger partial charge in [0.2, 0.25) is 5.90 Å². The highest BCUT2D eigenvalue weighted by Crippen LogP contribution is 2.34. The summed E-state index contributed by atoms with van der Waals surface area (Å²) in [7, 11) is 2.18. The summed E-state index contributed by atoms with van der Waals surface area (Å²) in [5, 5.41) is 0. The van der Waals surface area contributed by atoms with Crippen molar-refractivity contribution in [1.29, 1.82) is 0 Å². The zero-order chi connectivity index (χ0) is 13.2. The van der Waals surface area contributed by atoms with Crippen LogP contribution in [0.5, 0.6) is 0 Å². The van der Waals surface area contributed by atoms with Crippen molar-refractivity contribution in [2.45, 2.75) is 12.5 Å². The lowest BCUT2D eigenvalue weighted by atomic mass is 9.98. The SMILES string of the molecule is CN1CC(CN)CC1c1cccc(C2=NCCO2)c1. The maximum absolute atomic E-state index is 5.80. The molecule has 2 aliphatic rings. The molecular weight excluding hydrogens is 238 g/mol. The molecule has 0 spiro atoms. The van der Waals surface area contributed by atoms with Crippen molar-refractivity contribution in [2.75, 3.05) is 33.3 Å². The topological polar surface area (TPSA) is 50.8 Å². The Morgan fingerprint density at radius 3 is 3.05 bits per heavy atom. The molecule has 4 nitrogen and oxygen atoms in total. The number of aliphatic imine (C=N–C) groups is 1. The standard InChI is InChI=1S/C15H21N3O/c1-18-10-11(9-16)7-14(18)12-3-2-4-13(8-12)15-17-5-6-19-15/h2-4,8,11,14H,5-7,9-10,16H2,1H3. The number of nitrogens with zero attached hydrogens (tertiary/aromatic N) is 2. The lowest BCUT2D eigenvalue weighted by Gasteiger charge is -2.20. The number of hydrogen-bond donors (Lipinski definition) is 1. The van der Waals surface area contributed by atoms with E-state index < -0.39 is 0 Å². The molecule has 0 amide bonds. The molecule has 2 atom stereocenters. The Balaban J connectivity index is 1.83. The average molecular weight is 259 g/mol. The zero-order valence-electron chi connectivity index (χ0n) is 11.4. The van der Waals surface area contributed by atoms with Crippen LogP contribution in [0.2, 0.25) is 0 Å². The molecule has 3 rings (SSSR count). The predicted octanol–water partition coefficient (Wildman–Crippen LogP) is 1.41. The van der Waals surface area contributed by atoms with Gasteiger partial charge in [-0.1, -0.05) is 12.1 Å². The van der Waals surface area contributed by atoms with Crippen LogP contribution in [0.25, 0.3) is 0 Å². The third-order valence-corrected chi connectivity index (χ3v) is 4.07. The Hall–Kier alpha value is -1.39. The molecule has 0 aliphatic carbocycles.